The predicted molar refractivity (Wildman–Crippen MR) is 71.8 cm³/mol. The number of nitriles is 1. The Hall–Kier alpha value is -2.68. The lowest BCUT2D eigenvalue weighted by molar-refractivity contribution is 0.0683. The van der Waals surface area contributed by atoms with Crippen molar-refractivity contribution < 1.29 is 9.90 Å². The number of hydrogen-bond donors (Lipinski definition) is 1. The van der Waals surface area contributed by atoms with Gasteiger partial charge in [-0.05, 0) is 31.0 Å². The monoisotopic (exact) mass is 270 g/mol. The lowest BCUT2D eigenvalue weighted by Gasteiger charge is -2.08. The van der Waals surface area contributed by atoms with Gasteiger partial charge in [0.2, 0.25) is 0 Å². The molecule has 2 rings (SSSR count). The molecule has 0 fully saturated rings. The zero-order valence-corrected chi connectivity index (χ0v) is 11.3. The number of hydrogen-bond acceptors (Lipinski definition) is 4. The van der Waals surface area contributed by atoms with E-state index in [1.54, 1.807) is 12.1 Å². The van der Waals surface area contributed by atoms with Gasteiger partial charge >= 0.3 is 5.97 Å². The lowest BCUT2D eigenvalue weighted by Crippen LogP contribution is -2.06. The Kier molecular flexibility index (Phi) is 3.80. The summed E-state index contributed by atoms with van der Waals surface area (Å²) in [5.41, 5.74) is 2.09. The van der Waals surface area contributed by atoms with Crippen LogP contribution in [-0.4, -0.2) is 25.8 Å². The summed E-state index contributed by atoms with van der Waals surface area (Å²) >= 11 is 0. The van der Waals surface area contributed by atoms with Crippen LogP contribution in [0.4, 0.5) is 0 Å². The van der Waals surface area contributed by atoms with Crippen molar-refractivity contribution in [2.45, 2.75) is 26.7 Å². The van der Waals surface area contributed by atoms with Gasteiger partial charge < -0.3 is 5.11 Å². The number of aromatic nitrogens is 3. The van der Waals surface area contributed by atoms with Crippen LogP contribution in [0, 0.1) is 18.3 Å². The van der Waals surface area contributed by atoms with E-state index >= 15 is 0 Å². The minimum Gasteiger partial charge on any atom is -0.475 e. The van der Waals surface area contributed by atoms with Crippen molar-refractivity contribution in [3.05, 3.63) is 41.0 Å². The van der Waals surface area contributed by atoms with Gasteiger partial charge in [0.15, 0.2) is 0 Å². The Balaban J connectivity index is 2.61. The van der Waals surface area contributed by atoms with E-state index in [2.05, 4.69) is 16.2 Å². The number of carboxylic acid groups (broad SMARTS) is 1. The van der Waals surface area contributed by atoms with Crippen molar-refractivity contribution in [3.63, 3.8) is 0 Å². The molecule has 6 nitrogen and oxygen atoms in total. The quantitative estimate of drug-likeness (QED) is 0.918. The number of carbonyl (C=O) groups is 1. The molecule has 0 radical (unpaired) electrons. The Morgan fingerprint density at radius 2 is 2.25 bits per heavy atom. The molecule has 1 N–H and O–H groups in total. The van der Waals surface area contributed by atoms with Crippen molar-refractivity contribution in [1.29, 1.82) is 5.26 Å². The molecule has 0 saturated heterocycles. The molecule has 0 atom stereocenters. The molecule has 0 unspecified atom stereocenters. The van der Waals surface area contributed by atoms with Crippen molar-refractivity contribution in [1.82, 2.24) is 14.8 Å². The van der Waals surface area contributed by atoms with Crippen molar-refractivity contribution in [2.75, 3.05) is 0 Å². The van der Waals surface area contributed by atoms with Crippen LogP contribution in [-0.2, 0) is 6.42 Å². The Morgan fingerprint density at radius 1 is 1.50 bits per heavy atom. The van der Waals surface area contributed by atoms with Crippen LogP contribution in [0.3, 0.4) is 0 Å². The average molecular weight is 270 g/mol. The number of aryl methyl sites for hydroxylation is 2. The third kappa shape index (κ3) is 2.52. The lowest BCUT2D eigenvalue weighted by atomic mass is 10.1. The van der Waals surface area contributed by atoms with Crippen LogP contribution in [0.5, 0.6) is 0 Å². The van der Waals surface area contributed by atoms with Gasteiger partial charge in [0.05, 0.1) is 17.3 Å². The fourth-order valence-corrected chi connectivity index (χ4v) is 1.92. The normalized spacial score (nSPS) is 10.2. The van der Waals surface area contributed by atoms with E-state index in [0.29, 0.717) is 23.5 Å². The molecule has 0 spiro atoms. The molecule has 0 aliphatic carbocycles. The van der Waals surface area contributed by atoms with Gasteiger partial charge in [-0.15, -0.1) is 5.10 Å². The van der Waals surface area contributed by atoms with Crippen molar-refractivity contribution in [2.24, 2.45) is 0 Å². The molecule has 0 amide bonds. The second kappa shape index (κ2) is 5.53. The van der Waals surface area contributed by atoms with Gasteiger partial charge in [-0.3, -0.25) is 0 Å². The molecule has 20 heavy (non-hydrogen) atoms. The van der Waals surface area contributed by atoms with Crippen LogP contribution in [0.25, 0.3) is 5.69 Å². The zero-order chi connectivity index (χ0) is 14.7. The average Bonchev–Trinajstić information content (AvgIpc) is 2.84. The smallest absolute Gasteiger partial charge is 0.375 e. The maximum absolute atomic E-state index is 11.0. The predicted octanol–water partition coefficient (Wildman–Crippen LogP) is 2.10. The second-order valence-corrected chi connectivity index (χ2v) is 4.43. The minimum absolute atomic E-state index is 0.227. The fraction of sp³-hybridized carbons (Fsp3) is 0.286. The largest absolute Gasteiger partial charge is 0.475 e. The first-order chi connectivity index (χ1) is 9.56. The fourth-order valence-electron chi connectivity index (χ4n) is 1.92. The third-order valence-corrected chi connectivity index (χ3v) is 2.91. The second-order valence-electron chi connectivity index (χ2n) is 4.43. The molecule has 0 bridgehead atoms. The Labute approximate surface area is 116 Å². The van der Waals surface area contributed by atoms with Crippen LogP contribution >= 0.6 is 0 Å². The van der Waals surface area contributed by atoms with Crippen LogP contribution < -0.4 is 0 Å². The molecule has 0 aliphatic rings. The number of nitrogens with zero attached hydrogens (tertiary/aromatic N) is 4. The summed E-state index contributed by atoms with van der Waals surface area (Å²) in [6, 6.07) is 7.28. The maximum atomic E-state index is 11.0. The Bertz CT molecular complexity index is 698. The van der Waals surface area contributed by atoms with Gasteiger partial charge in [0.1, 0.15) is 5.82 Å². The Morgan fingerprint density at radius 3 is 2.85 bits per heavy atom. The van der Waals surface area contributed by atoms with Crippen LogP contribution in [0.15, 0.2) is 18.2 Å². The van der Waals surface area contributed by atoms with Crippen molar-refractivity contribution >= 4 is 5.97 Å². The number of aromatic carboxylic acids is 1. The molecule has 0 saturated carbocycles. The number of carboxylic acids is 1. The van der Waals surface area contributed by atoms with E-state index in [9.17, 15) is 4.79 Å². The zero-order valence-electron chi connectivity index (χ0n) is 11.3. The molecule has 1 aromatic carbocycles. The summed E-state index contributed by atoms with van der Waals surface area (Å²) in [6.07, 6.45) is 1.45. The van der Waals surface area contributed by atoms with Gasteiger partial charge in [-0.1, -0.05) is 13.0 Å². The molecular weight excluding hydrogens is 256 g/mol. The molecule has 0 aliphatic heterocycles. The summed E-state index contributed by atoms with van der Waals surface area (Å²) in [5.74, 6) is -0.798. The number of rotatable bonds is 4. The highest BCUT2D eigenvalue weighted by atomic mass is 16.4. The summed E-state index contributed by atoms with van der Waals surface area (Å²) in [7, 11) is 0. The van der Waals surface area contributed by atoms with E-state index in [1.165, 1.54) is 4.68 Å². The van der Waals surface area contributed by atoms with E-state index in [-0.39, 0.29) is 5.82 Å². The first-order valence-electron chi connectivity index (χ1n) is 6.27. The summed E-state index contributed by atoms with van der Waals surface area (Å²) in [5, 5.41) is 22.0. The highest BCUT2D eigenvalue weighted by Crippen LogP contribution is 2.18. The summed E-state index contributed by atoms with van der Waals surface area (Å²) in [4.78, 5) is 15.1. The number of benzene rings is 1. The van der Waals surface area contributed by atoms with E-state index in [1.807, 2.05) is 19.9 Å². The van der Waals surface area contributed by atoms with Gasteiger partial charge in [-0.25, -0.2) is 14.5 Å². The SMILES string of the molecule is CCCc1nc(C(=O)O)nn1-c1cc(C#N)ccc1C. The first-order valence-corrected chi connectivity index (χ1v) is 6.27. The molecule has 6 heteroatoms. The summed E-state index contributed by atoms with van der Waals surface area (Å²) < 4.78 is 1.52. The van der Waals surface area contributed by atoms with Gasteiger partial charge in [-0.2, -0.15) is 5.26 Å². The van der Waals surface area contributed by atoms with Crippen LogP contribution in [0.1, 0.15) is 40.9 Å². The molecule has 102 valence electrons. The van der Waals surface area contributed by atoms with Gasteiger partial charge in [0, 0.05) is 6.42 Å². The van der Waals surface area contributed by atoms with E-state index < -0.39 is 5.97 Å². The summed E-state index contributed by atoms with van der Waals surface area (Å²) in [6.45, 7) is 3.87. The van der Waals surface area contributed by atoms with Crippen molar-refractivity contribution in [3.8, 4) is 11.8 Å². The first kappa shape index (κ1) is 13.7. The highest BCUT2D eigenvalue weighted by Gasteiger charge is 2.17. The molecular formula is C14H14N4O2. The van der Waals surface area contributed by atoms with E-state index in [4.69, 9.17) is 10.4 Å². The van der Waals surface area contributed by atoms with Crippen LogP contribution in [0.2, 0.25) is 0 Å². The third-order valence-electron chi connectivity index (χ3n) is 2.91. The highest BCUT2D eigenvalue weighted by molar-refractivity contribution is 5.83. The maximum Gasteiger partial charge on any atom is 0.375 e. The molecule has 1 aromatic heterocycles. The topological polar surface area (TPSA) is 91.8 Å². The standard InChI is InChI=1S/C14H14N4O2/c1-3-4-12-16-13(14(19)20)17-18(12)11-7-10(8-15)6-5-9(11)2/h5-7H,3-4H2,1-2H3,(H,19,20). The molecule has 1 heterocycles. The minimum atomic E-state index is -1.16. The van der Waals surface area contributed by atoms with Gasteiger partial charge in [0.25, 0.3) is 5.82 Å². The molecule has 2 aromatic rings. The van der Waals surface area contributed by atoms with E-state index in [0.717, 1.165) is 12.0 Å².